The number of nitrogens with one attached hydrogen (secondary N) is 2. The number of fused-ring (bicyclic) bond motifs is 1. The van der Waals surface area contributed by atoms with Crippen LogP contribution in [0.5, 0.6) is 5.75 Å². The molecule has 6 N–H and O–H groups in total. The number of hydrogen-bond donors (Lipinski definition) is 6. The molecule has 0 fully saturated rings. The summed E-state index contributed by atoms with van der Waals surface area (Å²) in [4.78, 5) is 23.1. The summed E-state index contributed by atoms with van der Waals surface area (Å²) in [6, 6.07) is 14.1. The molecule has 0 aliphatic heterocycles. The first kappa shape index (κ1) is 41.8. The van der Waals surface area contributed by atoms with E-state index in [1.165, 1.54) is 0 Å². The number of phenolic OH excluding ortho intramolecular Hbond substituents is 1. The van der Waals surface area contributed by atoms with E-state index in [4.69, 9.17) is 11.6 Å². The van der Waals surface area contributed by atoms with Gasteiger partial charge in [-0.2, -0.15) is 40.2 Å². The molecule has 5 rings (SSSR count). The molecule has 1 unspecified atom stereocenters. The Hall–Kier alpha value is -4.40. The number of azo groups is 1. The van der Waals surface area contributed by atoms with Crippen molar-refractivity contribution in [3.63, 3.8) is 0 Å². The first-order valence-electron chi connectivity index (χ1n) is 15.0. The van der Waals surface area contributed by atoms with Crippen molar-refractivity contribution in [1.29, 1.82) is 0 Å². The van der Waals surface area contributed by atoms with Gasteiger partial charge in [-0.05, 0) is 72.4 Å². The number of aromatic hydroxyl groups is 1. The van der Waals surface area contributed by atoms with E-state index in [9.17, 15) is 48.8 Å². The number of alkyl halides is 2. The van der Waals surface area contributed by atoms with Crippen LogP contribution >= 0.6 is 43.5 Å². The first-order valence-corrected chi connectivity index (χ1v) is 21.8. The van der Waals surface area contributed by atoms with Crippen molar-refractivity contribution in [2.24, 2.45) is 10.2 Å². The Labute approximate surface area is 334 Å². The lowest BCUT2D eigenvalue weighted by Crippen LogP contribution is -2.23. The number of amides is 1. The maximum atomic E-state index is 12.6. The van der Waals surface area contributed by atoms with Crippen LogP contribution in [0.4, 0.5) is 40.3 Å². The van der Waals surface area contributed by atoms with Gasteiger partial charge in [0.05, 0.1) is 10.6 Å². The van der Waals surface area contributed by atoms with Crippen LogP contribution in [0.3, 0.4) is 0 Å². The Morgan fingerprint density at radius 1 is 0.891 bits per heavy atom. The van der Waals surface area contributed by atoms with Crippen LogP contribution in [0.1, 0.15) is 6.92 Å². The summed E-state index contributed by atoms with van der Waals surface area (Å²) in [5.74, 6) is -1.93. The van der Waals surface area contributed by atoms with Gasteiger partial charge in [-0.1, -0.05) is 50.1 Å². The van der Waals surface area contributed by atoms with Crippen molar-refractivity contribution in [3.8, 4) is 5.75 Å². The van der Waals surface area contributed by atoms with E-state index in [1.54, 1.807) is 42.2 Å². The number of aromatic nitrogens is 3. The Balaban J connectivity index is 1.73. The third-order valence-electron chi connectivity index (χ3n) is 7.35. The second-order valence-corrected chi connectivity index (χ2v) is 17.3. The number of para-hydroxylation sites is 1. The van der Waals surface area contributed by atoms with Gasteiger partial charge in [0.2, 0.25) is 23.1 Å². The number of carbonyl (C=O) groups is 1. The fourth-order valence-corrected chi connectivity index (χ4v) is 7.34. The van der Waals surface area contributed by atoms with E-state index in [1.807, 2.05) is 0 Å². The number of anilines is 5. The van der Waals surface area contributed by atoms with E-state index in [2.05, 4.69) is 67.7 Å². The maximum Gasteiger partial charge on any atom is 0.296 e. The zero-order valence-corrected chi connectivity index (χ0v) is 33.9. The monoisotopic (exact) mass is 962 g/mol. The Morgan fingerprint density at radius 2 is 1.56 bits per heavy atom. The van der Waals surface area contributed by atoms with Gasteiger partial charge < -0.3 is 20.6 Å². The highest BCUT2D eigenvalue weighted by Gasteiger charge is 2.27. The summed E-state index contributed by atoms with van der Waals surface area (Å²) < 4.78 is 104. The van der Waals surface area contributed by atoms with Crippen molar-refractivity contribution >= 4 is 131 Å². The Kier molecular flexibility index (Phi) is 12.4. The summed E-state index contributed by atoms with van der Waals surface area (Å²) in [5, 5.41) is 23.3. The Bertz CT molecular complexity index is 2700. The molecule has 0 bridgehead atoms. The van der Waals surface area contributed by atoms with Crippen LogP contribution in [-0.2, 0) is 35.1 Å². The maximum absolute atomic E-state index is 12.6. The number of benzene rings is 4. The van der Waals surface area contributed by atoms with Crippen LogP contribution in [0.15, 0.2) is 91.6 Å². The lowest BCUT2D eigenvalue weighted by atomic mass is 10.1. The van der Waals surface area contributed by atoms with Crippen LogP contribution in [0, 0.1) is 0 Å². The zero-order chi connectivity index (χ0) is 40.5. The molecule has 0 saturated heterocycles. The van der Waals surface area contributed by atoms with Gasteiger partial charge in [0.25, 0.3) is 30.4 Å². The molecule has 4 aromatic carbocycles. The summed E-state index contributed by atoms with van der Waals surface area (Å²) in [6.07, 6.45) is 0. The molecular weight excluding hydrogens is 940 g/mol. The topological polar surface area (TPSA) is 291 Å². The second kappa shape index (κ2) is 16.4. The van der Waals surface area contributed by atoms with Crippen molar-refractivity contribution in [2.75, 3.05) is 27.4 Å². The molecule has 55 heavy (non-hydrogen) atoms. The van der Waals surface area contributed by atoms with Gasteiger partial charge in [-0.3, -0.25) is 18.5 Å². The Morgan fingerprint density at radius 3 is 2.16 bits per heavy atom. The molecule has 0 saturated carbocycles. The standard InChI is InChI=1S/C30H25Br2ClN8O11S3/c1-2-41(17-6-4-3-5-7-17)30-37-28(33)36-29(38-30)35-21-13-18(53(44,45)46)10-15-11-23(55(50,51)52)25(26(42)24(15)21)40-39-20-12-16(34-27(43)19(32)14-31)8-9-22(20)54(47,48)49/h3-13,19,42H,2,14H2,1H3,(H,34,43)(H,44,45,46)(H,47,48,49)(H,50,51,52)(H,35,36,37,38)/b40-39+. The van der Waals surface area contributed by atoms with E-state index >= 15 is 0 Å². The molecule has 1 amide bonds. The lowest BCUT2D eigenvalue weighted by Gasteiger charge is -2.21. The number of rotatable bonds is 13. The van der Waals surface area contributed by atoms with Gasteiger partial charge in [0, 0.05) is 28.6 Å². The average molecular weight is 965 g/mol. The van der Waals surface area contributed by atoms with Gasteiger partial charge in [0.1, 0.15) is 26.0 Å². The highest BCUT2D eigenvalue weighted by Crippen LogP contribution is 2.46. The molecule has 19 nitrogen and oxygen atoms in total. The third kappa shape index (κ3) is 9.71. The molecule has 0 spiro atoms. The molecule has 290 valence electrons. The van der Waals surface area contributed by atoms with Crippen molar-refractivity contribution in [2.45, 2.75) is 26.4 Å². The summed E-state index contributed by atoms with van der Waals surface area (Å²) in [7, 11) is -15.4. The number of halogens is 3. The van der Waals surface area contributed by atoms with E-state index in [0.717, 1.165) is 30.3 Å². The quantitative estimate of drug-likeness (QED) is 0.0415. The SMILES string of the molecule is CCN(c1ccccc1)c1nc(Cl)nc(Nc2cc(S(=O)(=O)O)cc3cc(S(=O)(=O)O)c(/N=N/c4cc(NC(=O)C(Br)CBr)ccc4S(=O)(=O)O)c(O)c23)n1. The lowest BCUT2D eigenvalue weighted by molar-refractivity contribution is -0.115. The van der Waals surface area contributed by atoms with Crippen LogP contribution in [0.25, 0.3) is 10.8 Å². The molecule has 0 aliphatic rings. The van der Waals surface area contributed by atoms with E-state index < -0.39 is 83.7 Å². The van der Waals surface area contributed by atoms with Crippen molar-refractivity contribution < 1.29 is 48.8 Å². The first-order chi connectivity index (χ1) is 25.7. The molecule has 1 atom stereocenters. The van der Waals surface area contributed by atoms with Crippen molar-refractivity contribution in [1.82, 2.24) is 15.0 Å². The highest BCUT2D eigenvalue weighted by molar-refractivity contribution is 9.12. The van der Waals surface area contributed by atoms with Crippen LogP contribution in [0.2, 0.25) is 5.28 Å². The van der Waals surface area contributed by atoms with Gasteiger partial charge >= 0.3 is 0 Å². The zero-order valence-electron chi connectivity index (χ0n) is 27.5. The number of phenols is 1. The predicted octanol–water partition coefficient (Wildman–Crippen LogP) is 6.54. The van der Waals surface area contributed by atoms with Crippen LogP contribution in [-0.4, -0.2) is 81.6 Å². The van der Waals surface area contributed by atoms with E-state index in [0.29, 0.717) is 18.3 Å². The predicted molar refractivity (Wildman–Crippen MR) is 208 cm³/mol. The van der Waals surface area contributed by atoms with Crippen molar-refractivity contribution in [3.05, 3.63) is 72.0 Å². The molecule has 5 aromatic rings. The summed E-state index contributed by atoms with van der Waals surface area (Å²) in [5.41, 5.74) is -1.40. The average Bonchev–Trinajstić information content (AvgIpc) is 3.09. The molecule has 25 heteroatoms. The highest BCUT2D eigenvalue weighted by atomic mass is 79.9. The van der Waals surface area contributed by atoms with Gasteiger partial charge in [-0.25, -0.2) is 0 Å². The number of nitrogens with zero attached hydrogens (tertiary/aromatic N) is 6. The summed E-state index contributed by atoms with van der Waals surface area (Å²) >= 11 is 12.5. The smallest absolute Gasteiger partial charge is 0.296 e. The van der Waals surface area contributed by atoms with E-state index in [-0.39, 0.29) is 33.9 Å². The number of hydrogen-bond acceptors (Lipinski definition) is 15. The van der Waals surface area contributed by atoms with Crippen LogP contribution < -0.4 is 15.5 Å². The minimum absolute atomic E-state index is 0.0331. The fraction of sp³-hybridized carbons (Fsp3) is 0.133. The largest absolute Gasteiger partial charge is 0.505 e. The van der Waals surface area contributed by atoms with Gasteiger partial charge in [0.15, 0.2) is 5.75 Å². The van der Waals surface area contributed by atoms with Gasteiger partial charge in [-0.15, -0.1) is 10.2 Å². The minimum atomic E-state index is -5.33. The molecule has 1 heterocycles. The fourth-order valence-electron chi connectivity index (χ4n) is 4.97. The molecule has 1 aromatic heterocycles. The molecular formula is C30H25Br2ClN8O11S3. The number of carbonyl (C=O) groups excluding carboxylic acids is 1. The molecule has 0 radical (unpaired) electrons. The molecule has 0 aliphatic carbocycles. The summed E-state index contributed by atoms with van der Waals surface area (Å²) in [6.45, 7) is 2.15. The second-order valence-electron chi connectivity index (χ2n) is 11.0. The third-order valence-corrected chi connectivity index (χ3v) is 12.4. The minimum Gasteiger partial charge on any atom is -0.505 e. The normalized spacial score (nSPS) is 12.9.